The average Bonchev–Trinajstić information content (AvgIpc) is 2.62. The molecule has 0 spiro atoms. The zero-order chi connectivity index (χ0) is 18.0. The van der Waals surface area contributed by atoms with Crippen LogP contribution in [0.4, 0.5) is 0 Å². The summed E-state index contributed by atoms with van der Waals surface area (Å²) in [4.78, 5) is 0. The van der Waals surface area contributed by atoms with Crippen LogP contribution in [0.3, 0.4) is 0 Å². The molecule has 0 atom stereocenters. The average molecular weight is 322 g/mol. The van der Waals surface area contributed by atoms with Crippen molar-refractivity contribution < 1.29 is 9.47 Å². The van der Waals surface area contributed by atoms with Crippen LogP contribution in [0.25, 0.3) is 0 Å². The van der Waals surface area contributed by atoms with E-state index in [0.29, 0.717) is 6.42 Å². The van der Waals surface area contributed by atoms with Gasteiger partial charge in [0.15, 0.2) is 0 Å². The van der Waals surface area contributed by atoms with Gasteiger partial charge in [0.2, 0.25) is 0 Å². The Labute approximate surface area is 143 Å². The molecule has 0 bridgehead atoms. The predicted octanol–water partition coefficient (Wildman–Crippen LogP) is 4.26. The van der Waals surface area contributed by atoms with Crippen LogP contribution in [0, 0.1) is 22.7 Å². The molecule has 4 nitrogen and oxygen atoms in total. The van der Waals surface area contributed by atoms with Crippen molar-refractivity contribution in [1.82, 2.24) is 0 Å². The highest BCUT2D eigenvalue weighted by atomic mass is 16.5. The summed E-state index contributed by atoms with van der Waals surface area (Å²) < 4.78 is 10.1. The van der Waals surface area contributed by atoms with Crippen LogP contribution >= 0.6 is 0 Å². The first-order chi connectivity index (χ1) is 11.5. The molecule has 24 heavy (non-hydrogen) atoms. The van der Waals surface area contributed by atoms with Crippen molar-refractivity contribution >= 4 is 0 Å². The summed E-state index contributed by atoms with van der Waals surface area (Å²) >= 11 is 0. The molecule has 0 fully saturated rings. The number of benzene rings is 2. The smallest absolute Gasteiger partial charge is 0.119 e. The minimum Gasteiger partial charge on any atom is -0.497 e. The molecule has 0 aliphatic heterocycles. The molecule has 0 aliphatic carbocycles. The lowest BCUT2D eigenvalue weighted by molar-refractivity contribution is 0.413. The van der Waals surface area contributed by atoms with Crippen LogP contribution in [0.2, 0.25) is 0 Å². The van der Waals surface area contributed by atoms with Gasteiger partial charge in [0, 0.05) is 0 Å². The lowest BCUT2D eigenvalue weighted by Gasteiger charge is -2.16. The number of nitriles is 2. The molecule has 0 heterocycles. The summed E-state index contributed by atoms with van der Waals surface area (Å²) in [6, 6.07) is 19.4. The second-order valence-corrected chi connectivity index (χ2v) is 5.66. The molecule has 4 heteroatoms. The van der Waals surface area contributed by atoms with E-state index in [9.17, 15) is 0 Å². The number of hydrogen-bond donors (Lipinski definition) is 0. The Bertz CT molecular complexity index is 740. The van der Waals surface area contributed by atoms with Gasteiger partial charge < -0.3 is 9.47 Å². The monoisotopic (exact) mass is 322 g/mol. The van der Waals surface area contributed by atoms with Crippen molar-refractivity contribution in [3.05, 3.63) is 59.7 Å². The fraction of sp³-hybridized carbons (Fsp3) is 0.300. The minimum absolute atomic E-state index is 0.442. The van der Waals surface area contributed by atoms with Gasteiger partial charge in [0.1, 0.15) is 11.5 Å². The highest BCUT2D eigenvalue weighted by Crippen LogP contribution is 2.25. The lowest BCUT2D eigenvalue weighted by Crippen LogP contribution is -2.13. The third kappa shape index (κ3) is 5.66. The van der Waals surface area contributed by atoms with Gasteiger partial charge in [-0.05, 0) is 49.2 Å². The van der Waals surface area contributed by atoms with Crippen LogP contribution in [0.1, 0.15) is 25.0 Å². The molecule has 0 aliphatic rings. The molecule has 2 rings (SSSR count). The first-order valence-electron chi connectivity index (χ1n) is 7.52. The molecule has 0 aromatic heterocycles. The van der Waals surface area contributed by atoms with Crippen LogP contribution in [0.15, 0.2) is 48.5 Å². The third-order valence-electron chi connectivity index (χ3n) is 3.49. The van der Waals surface area contributed by atoms with E-state index in [1.807, 2.05) is 62.4 Å². The van der Waals surface area contributed by atoms with Crippen molar-refractivity contribution in [3.63, 3.8) is 0 Å². The lowest BCUT2D eigenvalue weighted by atomic mass is 9.86. The Kier molecular flexibility index (Phi) is 7.33. The van der Waals surface area contributed by atoms with Crippen molar-refractivity contribution in [2.45, 2.75) is 25.7 Å². The van der Waals surface area contributed by atoms with Crippen LogP contribution in [-0.4, -0.2) is 14.2 Å². The van der Waals surface area contributed by atoms with E-state index in [-0.39, 0.29) is 0 Å². The zero-order valence-electron chi connectivity index (χ0n) is 14.5. The van der Waals surface area contributed by atoms with Gasteiger partial charge in [-0.2, -0.15) is 10.5 Å². The summed E-state index contributed by atoms with van der Waals surface area (Å²) in [5.74, 6) is 1.60. The molecule has 0 saturated heterocycles. The van der Waals surface area contributed by atoms with Crippen LogP contribution < -0.4 is 9.47 Å². The molecule has 2 aromatic carbocycles. The third-order valence-corrected chi connectivity index (χ3v) is 3.49. The van der Waals surface area contributed by atoms with E-state index in [1.165, 1.54) is 0 Å². The second-order valence-electron chi connectivity index (χ2n) is 5.66. The van der Waals surface area contributed by atoms with E-state index >= 15 is 0 Å². The minimum atomic E-state index is -0.450. The van der Waals surface area contributed by atoms with Gasteiger partial charge in [-0.25, -0.2) is 0 Å². The summed E-state index contributed by atoms with van der Waals surface area (Å²) in [5, 5.41) is 17.3. The summed E-state index contributed by atoms with van der Waals surface area (Å²) in [7, 11) is 3.24. The van der Waals surface area contributed by atoms with Crippen LogP contribution in [-0.2, 0) is 11.8 Å². The molecule has 2 aromatic rings. The Hall–Kier alpha value is -2.98. The number of ether oxygens (including phenoxy) is 2. The molecular formula is C20H22N2O2. The van der Waals surface area contributed by atoms with Crippen molar-refractivity contribution in [3.8, 4) is 23.6 Å². The largest absolute Gasteiger partial charge is 0.497 e. The van der Waals surface area contributed by atoms with E-state index < -0.39 is 5.41 Å². The fourth-order valence-electron chi connectivity index (χ4n) is 1.95. The maximum Gasteiger partial charge on any atom is 0.119 e. The Morgan fingerprint density at radius 3 is 2.04 bits per heavy atom. The molecule has 0 saturated carbocycles. The maximum atomic E-state index is 8.92. The molecule has 0 N–H and O–H groups in total. The fourth-order valence-corrected chi connectivity index (χ4v) is 1.95. The quantitative estimate of drug-likeness (QED) is 0.843. The van der Waals surface area contributed by atoms with Gasteiger partial charge in [0.05, 0.1) is 38.2 Å². The number of nitrogens with zero attached hydrogens (tertiary/aromatic N) is 2. The van der Waals surface area contributed by atoms with Crippen molar-refractivity contribution in [2.75, 3.05) is 14.2 Å². The normalized spacial score (nSPS) is 9.75. The van der Waals surface area contributed by atoms with Crippen LogP contribution in [0.5, 0.6) is 11.5 Å². The Balaban J connectivity index is 0.000000243. The van der Waals surface area contributed by atoms with E-state index in [4.69, 9.17) is 20.0 Å². The summed E-state index contributed by atoms with van der Waals surface area (Å²) in [6.07, 6.45) is 0.442. The van der Waals surface area contributed by atoms with E-state index in [0.717, 1.165) is 22.6 Å². The van der Waals surface area contributed by atoms with Crippen molar-refractivity contribution in [1.29, 1.82) is 10.5 Å². The van der Waals surface area contributed by atoms with E-state index in [1.54, 1.807) is 14.2 Å². The van der Waals surface area contributed by atoms with E-state index in [2.05, 4.69) is 12.1 Å². The standard InChI is InChI=1S/C11H13NO.C9H9NO/c1-11(2,8-12)9-5-4-6-10(7-9)13-3;1-11-9-4-2-3-8(7-9)5-6-10/h4-7H,1-3H3;2-4,7H,5H2,1H3. The maximum absolute atomic E-state index is 8.92. The molecule has 0 amide bonds. The highest BCUT2D eigenvalue weighted by molar-refractivity contribution is 5.36. The number of methoxy groups -OCH3 is 2. The molecule has 0 radical (unpaired) electrons. The number of rotatable bonds is 4. The SMILES string of the molecule is COc1cccc(C(C)(C)C#N)c1.COc1cccc(CC#N)c1. The molecular weight excluding hydrogens is 300 g/mol. The van der Waals surface area contributed by atoms with Gasteiger partial charge in [0.25, 0.3) is 0 Å². The van der Waals surface area contributed by atoms with Crippen molar-refractivity contribution in [2.24, 2.45) is 0 Å². The Morgan fingerprint density at radius 1 is 0.917 bits per heavy atom. The van der Waals surface area contributed by atoms with Gasteiger partial charge in [-0.15, -0.1) is 0 Å². The molecule has 0 unspecified atom stereocenters. The Morgan fingerprint density at radius 2 is 1.50 bits per heavy atom. The zero-order valence-corrected chi connectivity index (χ0v) is 14.5. The van der Waals surface area contributed by atoms with Gasteiger partial charge in [-0.1, -0.05) is 24.3 Å². The first kappa shape index (κ1) is 19.1. The summed E-state index contributed by atoms with van der Waals surface area (Å²) in [5.41, 5.74) is 1.52. The highest BCUT2D eigenvalue weighted by Gasteiger charge is 2.19. The second kappa shape index (κ2) is 9.22. The topological polar surface area (TPSA) is 66.0 Å². The first-order valence-corrected chi connectivity index (χ1v) is 7.52. The van der Waals surface area contributed by atoms with Gasteiger partial charge in [-0.3, -0.25) is 0 Å². The van der Waals surface area contributed by atoms with Gasteiger partial charge >= 0.3 is 0 Å². The predicted molar refractivity (Wildman–Crippen MR) is 93.9 cm³/mol. The number of hydrogen-bond acceptors (Lipinski definition) is 4. The molecule has 124 valence electrons. The summed E-state index contributed by atoms with van der Waals surface area (Å²) in [6.45, 7) is 3.78.